The molecule has 1 saturated heterocycles. The van der Waals surface area contributed by atoms with Gasteiger partial charge in [0.2, 0.25) is 0 Å². The van der Waals surface area contributed by atoms with Gasteiger partial charge < -0.3 is 19.5 Å². The molecular weight excluding hydrogens is 534 g/mol. The molecule has 2 aliphatic carbocycles. The average Bonchev–Trinajstić information content (AvgIpc) is 3.47. The van der Waals surface area contributed by atoms with Gasteiger partial charge in [-0.15, -0.1) is 0 Å². The summed E-state index contributed by atoms with van der Waals surface area (Å²) in [6.45, 7) is -1.71. The van der Waals surface area contributed by atoms with Crippen LogP contribution in [0.2, 0.25) is 0 Å². The highest BCUT2D eigenvalue weighted by Crippen LogP contribution is 2.57. The number of fused-ring (bicyclic) bond motifs is 3. The lowest BCUT2D eigenvalue weighted by Crippen LogP contribution is -2.60. The summed E-state index contributed by atoms with van der Waals surface area (Å²) in [7, 11) is 3.85. The van der Waals surface area contributed by atoms with E-state index in [1.54, 1.807) is 35.2 Å². The molecule has 0 radical (unpaired) electrons. The number of carbonyl (C=O) groups excluding carboxylic acids is 1. The molecule has 1 spiro atoms. The van der Waals surface area contributed by atoms with Crippen LogP contribution in [-0.4, -0.2) is 74.8 Å². The van der Waals surface area contributed by atoms with Crippen molar-refractivity contribution in [1.29, 1.82) is 0 Å². The minimum absolute atomic E-state index is 0.0383. The van der Waals surface area contributed by atoms with Gasteiger partial charge in [-0.3, -0.25) is 4.79 Å². The first-order chi connectivity index (χ1) is 19.7. The van der Waals surface area contributed by atoms with Gasteiger partial charge in [-0.25, -0.2) is 19.5 Å². The maximum absolute atomic E-state index is 13.4. The highest BCUT2D eigenvalue weighted by Gasteiger charge is 2.60. The number of aliphatic hydroxyl groups is 1. The second-order valence-electron chi connectivity index (χ2n) is 11.6. The van der Waals surface area contributed by atoms with Crippen LogP contribution in [0.15, 0.2) is 42.9 Å². The fraction of sp³-hybridized carbons (Fsp3) is 0.414. The molecule has 2 atom stereocenters. The van der Waals surface area contributed by atoms with Gasteiger partial charge in [-0.1, -0.05) is 12.1 Å². The first kappa shape index (κ1) is 26.1. The lowest BCUT2D eigenvalue weighted by Gasteiger charge is -2.56. The number of aromatic nitrogens is 5. The van der Waals surface area contributed by atoms with Crippen molar-refractivity contribution in [3.63, 3.8) is 0 Å². The molecule has 10 nitrogen and oxygen atoms in total. The van der Waals surface area contributed by atoms with E-state index in [9.17, 15) is 18.7 Å². The molecule has 3 aromatic heterocycles. The summed E-state index contributed by atoms with van der Waals surface area (Å²) in [5.41, 5.74) is 2.99. The smallest absolute Gasteiger partial charge is 0.387 e. The van der Waals surface area contributed by atoms with Crippen LogP contribution in [0, 0.1) is 5.41 Å². The van der Waals surface area contributed by atoms with Gasteiger partial charge in [0.15, 0.2) is 11.5 Å². The number of rotatable bonds is 7. The normalized spacial score (nSPS) is 22.1. The van der Waals surface area contributed by atoms with Gasteiger partial charge >= 0.3 is 6.61 Å². The van der Waals surface area contributed by atoms with Gasteiger partial charge in [0, 0.05) is 52.2 Å². The van der Waals surface area contributed by atoms with Gasteiger partial charge in [-0.05, 0) is 45.5 Å². The number of aldehydes is 1. The molecule has 0 bridgehead atoms. The Hall–Kier alpha value is -3.87. The minimum atomic E-state index is -3.04. The zero-order chi connectivity index (χ0) is 28.5. The standard InChI is InChI=1S/C29H28F2N6O4/c1-36(2)20-8-18(22-16(11-38)4-3-5-21(22)41-27(30)31)23-24(20)35-37-7-6-19(34-25(23)37)17-9-32-26(33-10-17)29(39)12-28(13-29)14-40-15-28/h3-7,9-11,18,20,27,39H,8,12-15H2,1-2H3. The van der Waals surface area contributed by atoms with Gasteiger partial charge in [0.05, 0.1) is 30.6 Å². The lowest BCUT2D eigenvalue weighted by molar-refractivity contribution is -0.247. The molecule has 2 unspecified atom stereocenters. The van der Waals surface area contributed by atoms with E-state index in [1.807, 2.05) is 19.0 Å². The van der Waals surface area contributed by atoms with E-state index >= 15 is 0 Å². The summed E-state index contributed by atoms with van der Waals surface area (Å²) < 4.78 is 38.6. The molecule has 41 heavy (non-hydrogen) atoms. The van der Waals surface area contributed by atoms with E-state index in [2.05, 4.69) is 9.97 Å². The summed E-state index contributed by atoms with van der Waals surface area (Å²) in [5.74, 6) is -0.110. The van der Waals surface area contributed by atoms with Crippen LogP contribution in [0.5, 0.6) is 5.75 Å². The van der Waals surface area contributed by atoms with Crippen LogP contribution in [0.4, 0.5) is 8.78 Å². The lowest BCUT2D eigenvalue weighted by atomic mass is 9.57. The van der Waals surface area contributed by atoms with Crippen molar-refractivity contribution in [1.82, 2.24) is 29.5 Å². The third kappa shape index (κ3) is 4.12. The Morgan fingerprint density at radius 1 is 1.17 bits per heavy atom. The summed E-state index contributed by atoms with van der Waals surface area (Å²) >= 11 is 0. The molecule has 3 aliphatic rings. The quantitative estimate of drug-likeness (QED) is 0.337. The van der Waals surface area contributed by atoms with E-state index in [-0.39, 0.29) is 22.8 Å². The second kappa shape index (κ2) is 9.33. The van der Waals surface area contributed by atoms with E-state index in [4.69, 9.17) is 19.6 Å². The average molecular weight is 563 g/mol. The van der Waals surface area contributed by atoms with Gasteiger partial charge in [0.1, 0.15) is 17.6 Å². The molecule has 2 fully saturated rings. The molecule has 0 amide bonds. The van der Waals surface area contributed by atoms with Crippen LogP contribution in [0.1, 0.15) is 64.2 Å². The molecule has 4 aromatic rings. The van der Waals surface area contributed by atoms with Crippen molar-refractivity contribution in [3.8, 4) is 17.0 Å². The summed E-state index contributed by atoms with van der Waals surface area (Å²) in [6.07, 6.45) is 7.42. The molecule has 1 aromatic carbocycles. The van der Waals surface area contributed by atoms with Crippen molar-refractivity contribution < 1.29 is 28.2 Å². The highest BCUT2D eigenvalue weighted by molar-refractivity contribution is 5.80. The van der Waals surface area contributed by atoms with Crippen molar-refractivity contribution in [2.45, 2.75) is 43.4 Å². The van der Waals surface area contributed by atoms with Crippen LogP contribution in [0.3, 0.4) is 0 Å². The predicted octanol–water partition coefficient (Wildman–Crippen LogP) is 3.74. The molecule has 7 rings (SSSR count). The number of hydrogen-bond acceptors (Lipinski definition) is 9. The zero-order valence-electron chi connectivity index (χ0n) is 22.5. The Labute approximate surface area is 234 Å². The number of ether oxygens (including phenoxy) is 2. The highest BCUT2D eigenvalue weighted by atomic mass is 19.3. The second-order valence-corrected chi connectivity index (χ2v) is 11.6. The molecule has 212 valence electrons. The van der Waals surface area contributed by atoms with Crippen molar-refractivity contribution in [2.24, 2.45) is 5.41 Å². The molecular formula is C29H28F2N6O4. The van der Waals surface area contributed by atoms with Crippen LogP contribution < -0.4 is 4.74 Å². The van der Waals surface area contributed by atoms with Gasteiger partial charge in [-0.2, -0.15) is 13.9 Å². The number of benzene rings is 1. The Balaban J connectivity index is 1.29. The third-order valence-electron chi connectivity index (χ3n) is 8.60. The molecule has 1 saturated carbocycles. The summed E-state index contributed by atoms with van der Waals surface area (Å²) in [4.78, 5) is 27.9. The SMILES string of the molecule is CN(C)C1CC(c2c(C=O)cccc2OC(F)F)c2c1nn1ccc(-c3cnc(C4(O)CC5(COC5)C4)nc3)nc21. The molecule has 12 heteroatoms. The van der Waals surface area contributed by atoms with Crippen LogP contribution >= 0.6 is 0 Å². The summed E-state index contributed by atoms with van der Waals surface area (Å²) in [5, 5.41) is 15.8. The van der Waals surface area contributed by atoms with Crippen molar-refractivity contribution >= 4 is 11.9 Å². The topological polar surface area (TPSA) is 115 Å². The van der Waals surface area contributed by atoms with Crippen molar-refractivity contribution in [2.75, 3.05) is 27.3 Å². The zero-order valence-corrected chi connectivity index (χ0v) is 22.5. The van der Waals surface area contributed by atoms with E-state index < -0.39 is 18.1 Å². The fourth-order valence-corrected chi connectivity index (χ4v) is 6.75. The molecule has 4 heterocycles. The third-order valence-corrected chi connectivity index (χ3v) is 8.60. The van der Waals surface area contributed by atoms with E-state index in [0.717, 1.165) is 11.3 Å². The summed E-state index contributed by atoms with van der Waals surface area (Å²) in [6, 6.07) is 6.25. The van der Waals surface area contributed by atoms with Crippen molar-refractivity contribution in [3.05, 3.63) is 71.1 Å². The van der Waals surface area contributed by atoms with Crippen LogP contribution in [-0.2, 0) is 10.3 Å². The minimum Gasteiger partial charge on any atom is -0.434 e. The first-order valence-electron chi connectivity index (χ1n) is 13.4. The number of alkyl halides is 2. The molecule has 1 N–H and O–H groups in total. The van der Waals surface area contributed by atoms with Crippen LogP contribution in [0.25, 0.3) is 16.9 Å². The Morgan fingerprint density at radius 2 is 1.93 bits per heavy atom. The molecule has 1 aliphatic heterocycles. The fourth-order valence-electron chi connectivity index (χ4n) is 6.75. The monoisotopic (exact) mass is 562 g/mol. The number of carbonyl (C=O) groups is 1. The van der Waals surface area contributed by atoms with E-state index in [0.29, 0.717) is 67.1 Å². The van der Waals surface area contributed by atoms with E-state index in [1.165, 1.54) is 12.1 Å². The number of nitrogens with zero attached hydrogens (tertiary/aromatic N) is 6. The largest absolute Gasteiger partial charge is 0.434 e. The number of halogens is 2. The Kier molecular flexibility index (Phi) is 5.93. The first-order valence-corrected chi connectivity index (χ1v) is 13.4. The predicted molar refractivity (Wildman–Crippen MR) is 142 cm³/mol. The Morgan fingerprint density at radius 3 is 2.56 bits per heavy atom. The number of hydrogen-bond donors (Lipinski definition) is 1. The van der Waals surface area contributed by atoms with Gasteiger partial charge in [0.25, 0.3) is 0 Å². The Bertz CT molecular complexity index is 1650. The maximum Gasteiger partial charge on any atom is 0.387 e. The maximum atomic E-state index is 13.4.